The number of nitrogens with one attached hydrogen (secondary N) is 1. The first-order valence-corrected chi connectivity index (χ1v) is 14.1. The number of morpholine rings is 1. The van der Waals surface area contributed by atoms with Gasteiger partial charge >= 0.3 is 0 Å². The normalized spacial score (nSPS) is 22.4. The first-order chi connectivity index (χ1) is 19.0. The van der Waals surface area contributed by atoms with Crippen molar-refractivity contribution in [3.63, 3.8) is 0 Å². The molecular formula is C28H38Cl2F3N7O. The molecule has 1 N–H and O–H groups in total. The van der Waals surface area contributed by atoms with Crippen LogP contribution in [0.1, 0.15) is 50.8 Å². The lowest BCUT2D eigenvalue weighted by Gasteiger charge is -2.39. The molecule has 1 aliphatic carbocycles. The van der Waals surface area contributed by atoms with Crippen LogP contribution in [0.4, 0.5) is 24.9 Å². The minimum Gasteiger partial charge on any atom is -0.378 e. The quantitative estimate of drug-likeness (QED) is 0.358. The van der Waals surface area contributed by atoms with Gasteiger partial charge in [0.05, 0.1) is 24.2 Å². The van der Waals surface area contributed by atoms with Crippen molar-refractivity contribution in [3.8, 4) is 5.82 Å². The smallest absolute Gasteiger partial charge is 0.296 e. The zero-order valence-electron chi connectivity index (χ0n) is 22.9. The third-order valence-corrected chi connectivity index (χ3v) is 8.39. The molecule has 2 saturated heterocycles. The van der Waals surface area contributed by atoms with Gasteiger partial charge in [0.15, 0.2) is 5.82 Å². The highest BCUT2D eigenvalue weighted by atomic mass is 35.5. The van der Waals surface area contributed by atoms with Gasteiger partial charge < -0.3 is 19.9 Å². The molecule has 2 aliphatic heterocycles. The second-order valence-corrected chi connectivity index (χ2v) is 10.9. The molecule has 3 fully saturated rings. The molecule has 3 aromatic rings. The second-order valence-electron chi connectivity index (χ2n) is 10.9. The number of ether oxygens (including phenoxy) is 1. The zero-order valence-corrected chi connectivity index (χ0v) is 24.6. The van der Waals surface area contributed by atoms with Crippen molar-refractivity contribution < 1.29 is 17.9 Å². The van der Waals surface area contributed by atoms with Crippen LogP contribution >= 0.6 is 24.8 Å². The number of fused-ring (bicyclic) bond motifs is 1. The SMILES string of the molecule is Cl.Cl.FC(F)c1nc2ccccc2n1-c1cc(N2CCOCC2)nc(NCC2CCN([C@H]3CC[C@H](F)CC3)CC2)n1. The van der Waals surface area contributed by atoms with Gasteiger partial charge in [0, 0.05) is 31.7 Å². The lowest BCUT2D eigenvalue weighted by atomic mass is 9.89. The standard InChI is InChI=1S/C28H36F3N7O.2ClH/c29-20-5-7-21(8-6-20)36-11-9-19(10-12-36)18-32-28-34-24(37-13-15-39-16-14-37)17-25(35-28)38-23-4-2-1-3-22(23)33-27(38)26(30)31;;/h1-4,17,19-21,26H,5-16,18H2,(H,32,34,35);2*1H/t20-,21-;;. The van der Waals surface area contributed by atoms with E-state index in [9.17, 15) is 13.2 Å². The van der Waals surface area contributed by atoms with Crippen LogP contribution < -0.4 is 10.2 Å². The Morgan fingerprint density at radius 1 is 0.878 bits per heavy atom. The highest BCUT2D eigenvalue weighted by molar-refractivity contribution is 5.85. The molecule has 0 unspecified atom stereocenters. The lowest BCUT2D eigenvalue weighted by molar-refractivity contribution is 0.0877. The molecule has 13 heteroatoms. The minimum atomic E-state index is -2.75. The first-order valence-electron chi connectivity index (χ1n) is 14.1. The Morgan fingerprint density at radius 3 is 2.27 bits per heavy atom. The predicted molar refractivity (Wildman–Crippen MR) is 159 cm³/mol. The Bertz CT molecular complexity index is 1260. The number of nitrogens with zero attached hydrogens (tertiary/aromatic N) is 6. The maximum atomic E-state index is 14.1. The van der Waals surface area contributed by atoms with Crippen LogP contribution in [0.3, 0.4) is 0 Å². The Balaban J connectivity index is 0.00000194. The molecule has 0 bridgehead atoms. The fourth-order valence-corrected chi connectivity index (χ4v) is 6.16. The number of alkyl halides is 3. The molecule has 41 heavy (non-hydrogen) atoms. The Labute approximate surface area is 250 Å². The van der Waals surface area contributed by atoms with E-state index in [1.165, 1.54) is 4.57 Å². The van der Waals surface area contributed by atoms with E-state index in [-0.39, 0.29) is 30.6 Å². The molecule has 2 aromatic heterocycles. The highest BCUT2D eigenvalue weighted by Gasteiger charge is 2.29. The summed E-state index contributed by atoms with van der Waals surface area (Å²) in [6.45, 7) is 5.27. The van der Waals surface area contributed by atoms with E-state index in [0.717, 1.165) is 38.8 Å². The van der Waals surface area contributed by atoms with E-state index < -0.39 is 12.6 Å². The molecule has 0 radical (unpaired) electrons. The van der Waals surface area contributed by atoms with Gasteiger partial charge in [-0.05, 0) is 69.7 Å². The Hall–Kier alpha value is -2.34. The number of benzene rings is 1. The third-order valence-electron chi connectivity index (χ3n) is 8.39. The predicted octanol–water partition coefficient (Wildman–Crippen LogP) is 5.84. The summed E-state index contributed by atoms with van der Waals surface area (Å²) < 4.78 is 48.7. The average molecular weight is 617 g/mol. The van der Waals surface area contributed by atoms with Crippen LogP contribution in [0.5, 0.6) is 0 Å². The van der Waals surface area contributed by atoms with Crippen molar-refractivity contribution in [2.24, 2.45) is 5.92 Å². The molecule has 0 atom stereocenters. The monoisotopic (exact) mass is 615 g/mol. The molecular weight excluding hydrogens is 578 g/mol. The van der Waals surface area contributed by atoms with Crippen LogP contribution in [-0.2, 0) is 4.74 Å². The van der Waals surface area contributed by atoms with Crippen molar-refractivity contribution >= 4 is 47.6 Å². The van der Waals surface area contributed by atoms with Gasteiger partial charge in [-0.3, -0.25) is 4.57 Å². The largest absolute Gasteiger partial charge is 0.378 e. The molecule has 0 amide bonds. The lowest BCUT2D eigenvalue weighted by Crippen LogP contribution is -2.44. The van der Waals surface area contributed by atoms with Gasteiger partial charge in [0.25, 0.3) is 6.43 Å². The number of para-hydroxylation sites is 2. The van der Waals surface area contributed by atoms with Crippen molar-refractivity contribution in [1.82, 2.24) is 24.4 Å². The van der Waals surface area contributed by atoms with E-state index in [1.807, 2.05) is 6.07 Å². The molecule has 1 aromatic carbocycles. The van der Waals surface area contributed by atoms with Gasteiger partial charge in [-0.15, -0.1) is 24.8 Å². The topological polar surface area (TPSA) is 71.3 Å². The van der Waals surface area contributed by atoms with E-state index in [2.05, 4.69) is 20.1 Å². The summed E-state index contributed by atoms with van der Waals surface area (Å²) in [5, 5.41) is 3.42. The van der Waals surface area contributed by atoms with E-state index in [0.29, 0.717) is 86.3 Å². The van der Waals surface area contributed by atoms with Gasteiger partial charge in [-0.25, -0.2) is 18.2 Å². The van der Waals surface area contributed by atoms with Gasteiger partial charge in [0.2, 0.25) is 5.95 Å². The number of anilines is 2. The van der Waals surface area contributed by atoms with Crippen LogP contribution in [0.2, 0.25) is 0 Å². The van der Waals surface area contributed by atoms with E-state index >= 15 is 0 Å². The molecule has 6 rings (SSSR count). The molecule has 1 saturated carbocycles. The maximum absolute atomic E-state index is 14.1. The Morgan fingerprint density at radius 2 is 1.56 bits per heavy atom. The maximum Gasteiger partial charge on any atom is 0.296 e. The summed E-state index contributed by atoms with van der Waals surface area (Å²) in [5.74, 6) is 1.61. The second kappa shape index (κ2) is 14.2. The highest BCUT2D eigenvalue weighted by Crippen LogP contribution is 2.31. The molecule has 4 heterocycles. The summed E-state index contributed by atoms with van der Waals surface area (Å²) >= 11 is 0. The third kappa shape index (κ3) is 7.18. The number of hydrogen-bond acceptors (Lipinski definition) is 7. The number of likely N-dealkylation sites (tertiary alicyclic amines) is 1. The van der Waals surface area contributed by atoms with E-state index in [4.69, 9.17) is 14.7 Å². The van der Waals surface area contributed by atoms with Crippen LogP contribution in [0.15, 0.2) is 30.3 Å². The average Bonchev–Trinajstić information content (AvgIpc) is 3.37. The summed E-state index contributed by atoms with van der Waals surface area (Å²) in [4.78, 5) is 18.3. The summed E-state index contributed by atoms with van der Waals surface area (Å²) in [6.07, 6.45) is 2.02. The van der Waals surface area contributed by atoms with E-state index in [1.54, 1.807) is 24.3 Å². The van der Waals surface area contributed by atoms with Gasteiger partial charge in [-0.2, -0.15) is 9.97 Å². The summed E-state index contributed by atoms with van der Waals surface area (Å²) in [7, 11) is 0. The van der Waals surface area contributed by atoms with Gasteiger partial charge in [-0.1, -0.05) is 12.1 Å². The molecule has 3 aliphatic rings. The first kappa shape index (κ1) is 31.6. The molecule has 8 nitrogen and oxygen atoms in total. The number of imidazole rings is 1. The minimum absolute atomic E-state index is 0. The number of hydrogen-bond donors (Lipinski definition) is 1. The van der Waals surface area contributed by atoms with Crippen molar-refractivity contribution in [2.45, 2.75) is 57.2 Å². The summed E-state index contributed by atoms with van der Waals surface area (Å²) in [6, 6.07) is 9.40. The molecule has 226 valence electrons. The number of piperidine rings is 1. The van der Waals surface area contributed by atoms with Crippen LogP contribution in [-0.4, -0.2) is 82.6 Å². The van der Waals surface area contributed by atoms with Crippen molar-refractivity contribution in [3.05, 3.63) is 36.2 Å². The van der Waals surface area contributed by atoms with Crippen LogP contribution in [0, 0.1) is 5.92 Å². The molecule has 0 spiro atoms. The van der Waals surface area contributed by atoms with Crippen LogP contribution in [0.25, 0.3) is 16.9 Å². The van der Waals surface area contributed by atoms with Gasteiger partial charge in [0.1, 0.15) is 17.8 Å². The van der Waals surface area contributed by atoms with Crippen molar-refractivity contribution in [1.29, 1.82) is 0 Å². The number of rotatable bonds is 7. The Kier molecular flexibility index (Phi) is 11.0. The zero-order chi connectivity index (χ0) is 26.8. The van der Waals surface area contributed by atoms with Crippen molar-refractivity contribution in [2.75, 3.05) is 56.2 Å². The number of aromatic nitrogens is 4. The fourth-order valence-electron chi connectivity index (χ4n) is 6.16. The number of halogens is 5. The fraction of sp³-hybridized carbons (Fsp3) is 0.607. The summed E-state index contributed by atoms with van der Waals surface area (Å²) in [5.41, 5.74) is 1.08.